The Labute approximate surface area is 187 Å². The largest absolute Gasteiger partial charge is 0.481 e. The van der Waals surface area contributed by atoms with Crippen LogP contribution in [0.3, 0.4) is 0 Å². The van der Waals surface area contributed by atoms with Gasteiger partial charge in [0.1, 0.15) is 5.76 Å². The standard InChI is InChI=1S/C21H18Cl2N2O4S/c22-13-3-6-17(23)16(10-13)18-11-30-21(24-18)25(14-4-5-14)20(28)12(9-19(26)27)8-15-2-1-7-29-15/h1-3,6-7,10-12,14H,4-5,8-9H2,(H,26,27). The van der Waals surface area contributed by atoms with E-state index < -0.39 is 11.9 Å². The van der Waals surface area contributed by atoms with E-state index in [0.29, 0.717) is 32.2 Å². The molecule has 3 aromatic rings. The predicted octanol–water partition coefficient (Wildman–Crippen LogP) is 5.54. The number of hydrogen-bond acceptors (Lipinski definition) is 5. The Hall–Kier alpha value is -2.35. The monoisotopic (exact) mass is 464 g/mol. The molecule has 1 atom stereocenters. The number of halogens is 2. The summed E-state index contributed by atoms with van der Waals surface area (Å²) in [5.74, 6) is -1.44. The first-order valence-corrected chi connectivity index (χ1v) is 11.0. The maximum atomic E-state index is 13.4. The molecular formula is C21H18Cl2N2O4S. The molecular weight excluding hydrogens is 447 g/mol. The molecule has 0 radical (unpaired) electrons. The lowest BCUT2D eigenvalue weighted by Crippen LogP contribution is -2.39. The van der Waals surface area contributed by atoms with Crippen molar-refractivity contribution < 1.29 is 19.1 Å². The van der Waals surface area contributed by atoms with Crippen molar-refractivity contribution in [3.8, 4) is 11.3 Å². The lowest BCUT2D eigenvalue weighted by atomic mass is 9.98. The van der Waals surface area contributed by atoms with Gasteiger partial charge in [0.05, 0.1) is 29.3 Å². The summed E-state index contributed by atoms with van der Waals surface area (Å²) in [7, 11) is 0. The van der Waals surface area contributed by atoms with Gasteiger partial charge >= 0.3 is 5.97 Å². The Bertz CT molecular complexity index is 1060. The maximum absolute atomic E-state index is 13.4. The summed E-state index contributed by atoms with van der Waals surface area (Å²) in [6.45, 7) is 0. The minimum atomic E-state index is -1.03. The average molecular weight is 465 g/mol. The molecule has 30 heavy (non-hydrogen) atoms. The average Bonchev–Trinajstić information content (AvgIpc) is 3.18. The van der Waals surface area contributed by atoms with Crippen molar-refractivity contribution in [2.45, 2.75) is 31.7 Å². The molecule has 1 aromatic carbocycles. The zero-order valence-corrected chi connectivity index (χ0v) is 18.1. The van der Waals surface area contributed by atoms with E-state index in [4.69, 9.17) is 27.6 Å². The van der Waals surface area contributed by atoms with Crippen LogP contribution in [-0.2, 0) is 16.0 Å². The molecule has 1 amide bonds. The number of benzene rings is 1. The lowest BCUT2D eigenvalue weighted by Gasteiger charge is -2.24. The number of carboxylic acid groups (broad SMARTS) is 1. The van der Waals surface area contributed by atoms with Crippen LogP contribution >= 0.6 is 34.5 Å². The molecule has 1 aliphatic rings. The molecule has 1 fully saturated rings. The van der Waals surface area contributed by atoms with Gasteiger partial charge in [-0.25, -0.2) is 4.98 Å². The van der Waals surface area contributed by atoms with Crippen molar-refractivity contribution in [1.82, 2.24) is 4.98 Å². The Morgan fingerprint density at radius 1 is 1.30 bits per heavy atom. The van der Waals surface area contributed by atoms with Crippen LogP contribution in [0.2, 0.25) is 10.0 Å². The molecule has 9 heteroatoms. The number of furan rings is 1. The highest BCUT2D eigenvalue weighted by atomic mass is 35.5. The number of carbonyl (C=O) groups is 2. The van der Waals surface area contributed by atoms with Gasteiger partial charge < -0.3 is 9.52 Å². The summed E-state index contributed by atoms with van der Waals surface area (Å²) in [6.07, 6.45) is 3.18. The topological polar surface area (TPSA) is 83.6 Å². The number of rotatable bonds is 8. The third kappa shape index (κ3) is 4.69. The van der Waals surface area contributed by atoms with Gasteiger partial charge in [-0.3, -0.25) is 14.5 Å². The van der Waals surface area contributed by atoms with E-state index in [1.54, 1.807) is 35.2 Å². The molecule has 2 aromatic heterocycles. The number of aliphatic carboxylic acids is 1. The quantitative estimate of drug-likeness (QED) is 0.472. The molecule has 1 unspecified atom stereocenters. The van der Waals surface area contributed by atoms with Crippen LogP contribution in [0.4, 0.5) is 5.13 Å². The van der Waals surface area contributed by atoms with E-state index in [9.17, 15) is 14.7 Å². The fraction of sp³-hybridized carbons (Fsp3) is 0.286. The van der Waals surface area contributed by atoms with Crippen molar-refractivity contribution in [1.29, 1.82) is 0 Å². The smallest absolute Gasteiger partial charge is 0.304 e. The Balaban J connectivity index is 1.63. The molecule has 0 saturated heterocycles. The third-order valence-corrected chi connectivity index (χ3v) is 6.25. The van der Waals surface area contributed by atoms with E-state index in [2.05, 4.69) is 4.98 Å². The van der Waals surface area contributed by atoms with Crippen LogP contribution in [0.25, 0.3) is 11.3 Å². The van der Waals surface area contributed by atoms with Gasteiger partial charge in [-0.05, 0) is 43.2 Å². The molecule has 1 N–H and O–H groups in total. The van der Waals surface area contributed by atoms with Crippen LogP contribution < -0.4 is 4.90 Å². The minimum Gasteiger partial charge on any atom is -0.481 e. The van der Waals surface area contributed by atoms with Gasteiger partial charge in [-0.2, -0.15) is 0 Å². The highest BCUT2D eigenvalue weighted by molar-refractivity contribution is 7.14. The van der Waals surface area contributed by atoms with Crippen LogP contribution in [0.1, 0.15) is 25.0 Å². The molecule has 0 aliphatic heterocycles. The van der Waals surface area contributed by atoms with Crippen molar-refractivity contribution in [2.24, 2.45) is 5.92 Å². The summed E-state index contributed by atoms with van der Waals surface area (Å²) >= 11 is 13.7. The second-order valence-electron chi connectivity index (χ2n) is 7.16. The highest BCUT2D eigenvalue weighted by Gasteiger charge is 2.39. The number of thiazole rings is 1. The normalized spacial score (nSPS) is 14.5. The van der Waals surface area contributed by atoms with Gasteiger partial charge in [0, 0.05) is 28.4 Å². The zero-order chi connectivity index (χ0) is 21.3. The highest BCUT2D eigenvalue weighted by Crippen LogP contribution is 2.39. The van der Waals surface area contributed by atoms with E-state index >= 15 is 0 Å². The molecule has 0 spiro atoms. The fourth-order valence-electron chi connectivity index (χ4n) is 3.28. The summed E-state index contributed by atoms with van der Waals surface area (Å²) in [4.78, 5) is 31.1. The summed E-state index contributed by atoms with van der Waals surface area (Å²) in [5.41, 5.74) is 1.31. The number of anilines is 1. The van der Waals surface area contributed by atoms with Crippen molar-refractivity contribution in [2.75, 3.05) is 4.90 Å². The Kier molecular flexibility index (Phi) is 6.13. The Morgan fingerprint density at radius 2 is 2.10 bits per heavy atom. The van der Waals surface area contributed by atoms with Crippen molar-refractivity contribution in [3.63, 3.8) is 0 Å². The second kappa shape index (κ2) is 8.79. The molecule has 0 bridgehead atoms. The molecule has 2 heterocycles. The van der Waals surface area contributed by atoms with Gasteiger partial charge in [-0.15, -0.1) is 11.3 Å². The zero-order valence-electron chi connectivity index (χ0n) is 15.8. The first kappa shape index (κ1) is 20.9. The molecule has 6 nitrogen and oxygen atoms in total. The first-order chi connectivity index (χ1) is 14.4. The SMILES string of the molecule is O=C(O)CC(Cc1ccco1)C(=O)N(c1nc(-c2cc(Cl)ccc2Cl)cs1)C1CC1. The summed E-state index contributed by atoms with van der Waals surface area (Å²) in [5, 5.41) is 12.8. The Morgan fingerprint density at radius 3 is 2.77 bits per heavy atom. The maximum Gasteiger partial charge on any atom is 0.304 e. The number of carboxylic acids is 1. The van der Waals surface area contributed by atoms with Gasteiger partial charge in [-0.1, -0.05) is 23.2 Å². The van der Waals surface area contributed by atoms with E-state index in [0.717, 1.165) is 12.8 Å². The van der Waals surface area contributed by atoms with Crippen LogP contribution in [-0.4, -0.2) is 28.0 Å². The van der Waals surface area contributed by atoms with Crippen molar-refractivity contribution in [3.05, 3.63) is 57.8 Å². The fourth-order valence-corrected chi connectivity index (χ4v) is 4.57. The summed E-state index contributed by atoms with van der Waals surface area (Å²) < 4.78 is 5.34. The van der Waals surface area contributed by atoms with Crippen LogP contribution in [0.15, 0.2) is 46.4 Å². The number of nitrogens with zero attached hydrogens (tertiary/aromatic N) is 2. The van der Waals surface area contributed by atoms with Crippen LogP contribution in [0.5, 0.6) is 0 Å². The number of hydrogen-bond donors (Lipinski definition) is 1. The molecule has 4 rings (SSSR count). The van der Waals surface area contributed by atoms with Crippen molar-refractivity contribution >= 4 is 51.5 Å². The van der Waals surface area contributed by atoms with Crippen LogP contribution in [0, 0.1) is 5.92 Å². The first-order valence-electron chi connectivity index (χ1n) is 9.40. The number of amides is 1. The molecule has 156 valence electrons. The van der Waals surface area contributed by atoms with Gasteiger partial charge in [0.25, 0.3) is 0 Å². The number of carbonyl (C=O) groups excluding carboxylic acids is 1. The number of aromatic nitrogens is 1. The summed E-state index contributed by atoms with van der Waals surface area (Å²) in [6, 6.07) is 8.62. The van der Waals surface area contributed by atoms with E-state index in [1.165, 1.54) is 17.6 Å². The minimum absolute atomic E-state index is 0.0271. The lowest BCUT2D eigenvalue weighted by molar-refractivity contribution is -0.140. The second-order valence-corrected chi connectivity index (χ2v) is 8.84. The molecule has 1 aliphatic carbocycles. The van der Waals surface area contributed by atoms with Gasteiger partial charge in [0.2, 0.25) is 5.91 Å². The van der Waals surface area contributed by atoms with E-state index in [-0.39, 0.29) is 24.8 Å². The third-order valence-electron chi connectivity index (χ3n) is 4.85. The van der Waals surface area contributed by atoms with Gasteiger partial charge in [0.15, 0.2) is 5.13 Å². The molecule has 1 saturated carbocycles. The predicted molar refractivity (Wildman–Crippen MR) is 116 cm³/mol. The van der Waals surface area contributed by atoms with E-state index in [1.807, 2.05) is 5.38 Å².